The van der Waals surface area contributed by atoms with Gasteiger partial charge in [0.25, 0.3) is 5.91 Å². The molecule has 18 heavy (non-hydrogen) atoms. The lowest BCUT2D eigenvalue weighted by Crippen LogP contribution is -2.21. The molecule has 0 fully saturated rings. The van der Waals surface area contributed by atoms with Crippen LogP contribution in [0.15, 0.2) is 42.7 Å². The Hall–Kier alpha value is -2.36. The van der Waals surface area contributed by atoms with Crippen LogP contribution in [0.1, 0.15) is 10.4 Å². The maximum Gasteiger partial charge on any atom is 0.253 e. The van der Waals surface area contributed by atoms with Gasteiger partial charge in [-0.3, -0.25) is 9.78 Å². The van der Waals surface area contributed by atoms with E-state index in [1.54, 1.807) is 49.6 Å². The third kappa shape index (κ3) is 2.32. The van der Waals surface area contributed by atoms with Crippen molar-refractivity contribution in [1.82, 2.24) is 9.88 Å². The minimum Gasteiger partial charge on any atom is -0.398 e. The monoisotopic (exact) mass is 241 g/mol. The summed E-state index contributed by atoms with van der Waals surface area (Å²) < 4.78 is 0. The van der Waals surface area contributed by atoms with Crippen molar-refractivity contribution in [1.29, 1.82) is 0 Å². The number of benzene rings is 1. The summed E-state index contributed by atoms with van der Waals surface area (Å²) >= 11 is 0. The molecule has 0 aliphatic carbocycles. The van der Waals surface area contributed by atoms with E-state index in [9.17, 15) is 4.79 Å². The van der Waals surface area contributed by atoms with Crippen LogP contribution in [-0.4, -0.2) is 29.9 Å². The first-order valence-electron chi connectivity index (χ1n) is 5.61. The summed E-state index contributed by atoms with van der Waals surface area (Å²) in [4.78, 5) is 17.3. The molecule has 0 saturated heterocycles. The number of pyridine rings is 1. The van der Waals surface area contributed by atoms with Crippen molar-refractivity contribution in [2.75, 3.05) is 19.8 Å². The van der Waals surface area contributed by atoms with Gasteiger partial charge in [-0.2, -0.15) is 0 Å². The molecule has 1 amide bonds. The Morgan fingerprint density at radius 2 is 1.83 bits per heavy atom. The van der Waals surface area contributed by atoms with E-state index in [-0.39, 0.29) is 5.91 Å². The molecule has 0 aliphatic heterocycles. The van der Waals surface area contributed by atoms with Gasteiger partial charge in [0.2, 0.25) is 0 Å². The minimum atomic E-state index is -0.0132. The van der Waals surface area contributed by atoms with E-state index >= 15 is 0 Å². The summed E-state index contributed by atoms with van der Waals surface area (Å²) in [5.41, 5.74) is 9.05. The second-order valence-corrected chi connectivity index (χ2v) is 4.24. The van der Waals surface area contributed by atoms with E-state index in [1.807, 2.05) is 12.1 Å². The van der Waals surface area contributed by atoms with Crippen LogP contribution in [0.2, 0.25) is 0 Å². The Kier molecular flexibility index (Phi) is 3.28. The highest BCUT2D eigenvalue weighted by atomic mass is 16.2. The van der Waals surface area contributed by atoms with Gasteiger partial charge in [-0.05, 0) is 23.8 Å². The zero-order valence-electron chi connectivity index (χ0n) is 10.4. The number of rotatable bonds is 2. The smallest absolute Gasteiger partial charge is 0.253 e. The number of carbonyl (C=O) groups excluding carboxylic acids is 1. The number of nitrogen functional groups attached to an aromatic ring is 1. The second-order valence-electron chi connectivity index (χ2n) is 4.24. The average molecular weight is 241 g/mol. The Morgan fingerprint density at radius 1 is 1.17 bits per heavy atom. The molecule has 2 rings (SSSR count). The van der Waals surface area contributed by atoms with Crippen molar-refractivity contribution in [3.05, 3.63) is 48.3 Å². The van der Waals surface area contributed by atoms with Crippen LogP contribution in [-0.2, 0) is 0 Å². The van der Waals surface area contributed by atoms with E-state index in [2.05, 4.69) is 4.98 Å². The van der Waals surface area contributed by atoms with E-state index < -0.39 is 0 Å². The summed E-state index contributed by atoms with van der Waals surface area (Å²) in [6, 6.07) is 9.11. The minimum absolute atomic E-state index is 0.0132. The van der Waals surface area contributed by atoms with Crippen LogP contribution in [0.5, 0.6) is 0 Å². The summed E-state index contributed by atoms with van der Waals surface area (Å²) in [6.07, 6.45) is 3.38. The van der Waals surface area contributed by atoms with Crippen molar-refractivity contribution in [3.8, 4) is 11.1 Å². The second kappa shape index (κ2) is 4.87. The highest BCUT2D eigenvalue weighted by Gasteiger charge is 2.08. The lowest BCUT2D eigenvalue weighted by Gasteiger charge is -2.11. The molecule has 0 saturated carbocycles. The molecule has 2 aromatic rings. The largest absolute Gasteiger partial charge is 0.398 e. The topological polar surface area (TPSA) is 59.2 Å². The molecule has 0 atom stereocenters. The van der Waals surface area contributed by atoms with Gasteiger partial charge >= 0.3 is 0 Å². The summed E-state index contributed by atoms with van der Waals surface area (Å²) in [5.74, 6) is -0.0132. The van der Waals surface area contributed by atoms with E-state index in [0.29, 0.717) is 11.3 Å². The summed E-state index contributed by atoms with van der Waals surface area (Å²) in [6.45, 7) is 0. The molecule has 4 nitrogen and oxygen atoms in total. The number of nitrogens with two attached hydrogens (primary N) is 1. The summed E-state index contributed by atoms with van der Waals surface area (Å²) in [5, 5.41) is 0. The number of aromatic nitrogens is 1. The lowest BCUT2D eigenvalue weighted by atomic mass is 10.0. The molecule has 0 bridgehead atoms. The molecule has 4 heteroatoms. The van der Waals surface area contributed by atoms with Crippen LogP contribution >= 0.6 is 0 Å². The highest BCUT2D eigenvalue weighted by molar-refractivity contribution is 5.94. The zero-order valence-corrected chi connectivity index (χ0v) is 10.4. The van der Waals surface area contributed by atoms with Crippen molar-refractivity contribution in [2.45, 2.75) is 0 Å². The van der Waals surface area contributed by atoms with E-state index in [1.165, 1.54) is 0 Å². The normalized spacial score (nSPS) is 10.1. The standard InChI is InChI=1S/C14H15N3O/c1-17(2)14(18)11-5-3-10(4-6-11)12-9-16-8-7-13(12)15/h3-9H,1-2H3,(H2,15,16). The molecule has 2 N–H and O–H groups in total. The fourth-order valence-electron chi connectivity index (χ4n) is 1.70. The van der Waals surface area contributed by atoms with Gasteiger partial charge in [0.1, 0.15) is 0 Å². The first-order valence-corrected chi connectivity index (χ1v) is 5.61. The van der Waals surface area contributed by atoms with Gasteiger partial charge in [0.05, 0.1) is 0 Å². The van der Waals surface area contributed by atoms with Crippen molar-refractivity contribution < 1.29 is 4.79 Å². The molecule has 1 heterocycles. The average Bonchev–Trinajstić information content (AvgIpc) is 2.38. The van der Waals surface area contributed by atoms with Crippen molar-refractivity contribution >= 4 is 11.6 Å². The SMILES string of the molecule is CN(C)C(=O)c1ccc(-c2cnccc2N)cc1. The number of anilines is 1. The molecule has 0 radical (unpaired) electrons. The first-order chi connectivity index (χ1) is 8.59. The zero-order chi connectivity index (χ0) is 13.1. The predicted molar refractivity (Wildman–Crippen MR) is 72.1 cm³/mol. The van der Waals surface area contributed by atoms with Crippen LogP contribution in [0.3, 0.4) is 0 Å². The van der Waals surface area contributed by atoms with Gasteiger partial charge in [-0.1, -0.05) is 12.1 Å². The molecule has 1 aromatic heterocycles. The molecule has 1 aromatic carbocycles. The van der Waals surface area contributed by atoms with Gasteiger partial charge in [0, 0.05) is 43.3 Å². The Balaban J connectivity index is 2.34. The van der Waals surface area contributed by atoms with E-state index in [4.69, 9.17) is 5.73 Å². The highest BCUT2D eigenvalue weighted by Crippen LogP contribution is 2.24. The first kappa shape index (κ1) is 12.1. The number of carbonyl (C=O) groups is 1. The number of nitrogens with zero attached hydrogens (tertiary/aromatic N) is 2. The van der Waals surface area contributed by atoms with Crippen LogP contribution in [0, 0.1) is 0 Å². The fourth-order valence-corrected chi connectivity index (χ4v) is 1.70. The lowest BCUT2D eigenvalue weighted by molar-refractivity contribution is 0.0827. The number of amides is 1. The van der Waals surface area contributed by atoms with Crippen LogP contribution in [0.25, 0.3) is 11.1 Å². The van der Waals surface area contributed by atoms with Gasteiger partial charge < -0.3 is 10.6 Å². The Labute approximate surface area is 106 Å². The molecular formula is C14H15N3O. The van der Waals surface area contributed by atoms with Gasteiger partial charge in [-0.15, -0.1) is 0 Å². The van der Waals surface area contributed by atoms with Crippen molar-refractivity contribution in [2.24, 2.45) is 0 Å². The quantitative estimate of drug-likeness (QED) is 0.875. The van der Waals surface area contributed by atoms with Crippen LogP contribution < -0.4 is 5.73 Å². The van der Waals surface area contributed by atoms with Gasteiger partial charge in [-0.25, -0.2) is 0 Å². The molecule has 0 spiro atoms. The Morgan fingerprint density at radius 3 is 2.39 bits per heavy atom. The Bertz CT molecular complexity index is 562. The molecule has 0 aliphatic rings. The number of hydrogen-bond donors (Lipinski definition) is 1. The third-order valence-corrected chi connectivity index (χ3v) is 2.70. The van der Waals surface area contributed by atoms with Crippen LogP contribution in [0.4, 0.5) is 5.69 Å². The number of hydrogen-bond acceptors (Lipinski definition) is 3. The summed E-state index contributed by atoms with van der Waals surface area (Å²) in [7, 11) is 3.46. The molecular weight excluding hydrogens is 226 g/mol. The fraction of sp³-hybridized carbons (Fsp3) is 0.143. The van der Waals surface area contributed by atoms with E-state index in [0.717, 1.165) is 11.1 Å². The third-order valence-electron chi connectivity index (χ3n) is 2.70. The maximum atomic E-state index is 11.7. The predicted octanol–water partition coefficient (Wildman–Crippen LogP) is 2.03. The molecule has 92 valence electrons. The maximum absolute atomic E-state index is 11.7. The van der Waals surface area contributed by atoms with Crippen molar-refractivity contribution in [3.63, 3.8) is 0 Å². The van der Waals surface area contributed by atoms with Gasteiger partial charge in [0.15, 0.2) is 0 Å². The molecule has 0 unspecified atom stereocenters.